The van der Waals surface area contributed by atoms with Crippen molar-refractivity contribution < 1.29 is 14.3 Å². The van der Waals surface area contributed by atoms with Crippen LogP contribution >= 0.6 is 11.3 Å². The van der Waals surface area contributed by atoms with E-state index >= 15 is 0 Å². The first kappa shape index (κ1) is 20.6. The maximum atomic E-state index is 12.4. The zero-order valence-electron chi connectivity index (χ0n) is 16.5. The molecule has 1 aromatic heterocycles. The number of amides is 2. The Labute approximate surface area is 170 Å². The number of nitrogens with zero attached hydrogens (tertiary/aromatic N) is 3. The first-order valence-electron chi connectivity index (χ1n) is 10.1. The van der Waals surface area contributed by atoms with E-state index in [2.05, 4.69) is 16.3 Å². The summed E-state index contributed by atoms with van der Waals surface area (Å²) in [6.07, 6.45) is 5.54. The Morgan fingerprint density at radius 2 is 1.93 bits per heavy atom. The van der Waals surface area contributed by atoms with Crippen molar-refractivity contribution in [1.82, 2.24) is 9.80 Å². The Hall–Kier alpha value is -2.11. The van der Waals surface area contributed by atoms with Crippen LogP contribution in [0.3, 0.4) is 0 Å². The van der Waals surface area contributed by atoms with Crippen molar-refractivity contribution in [2.45, 2.75) is 45.4 Å². The molecule has 1 saturated heterocycles. The van der Waals surface area contributed by atoms with Crippen molar-refractivity contribution in [3.05, 3.63) is 16.0 Å². The van der Waals surface area contributed by atoms with Gasteiger partial charge in [0.15, 0.2) is 0 Å². The summed E-state index contributed by atoms with van der Waals surface area (Å²) in [4.78, 5) is 29.3. The van der Waals surface area contributed by atoms with Gasteiger partial charge < -0.3 is 15.0 Å². The summed E-state index contributed by atoms with van der Waals surface area (Å²) in [5.74, 6) is -0.0549. The van der Waals surface area contributed by atoms with Crippen molar-refractivity contribution in [2.75, 3.05) is 44.6 Å². The Bertz CT molecular complexity index is 747. The minimum Gasteiger partial charge on any atom is -0.450 e. The van der Waals surface area contributed by atoms with Gasteiger partial charge in [-0.15, -0.1) is 11.3 Å². The number of fused-ring (bicyclic) bond motifs is 1. The molecule has 28 heavy (non-hydrogen) atoms. The monoisotopic (exact) mass is 404 g/mol. The number of carbonyl (C=O) groups is 2. The van der Waals surface area contributed by atoms with Gasteiger partial charge in [0.05, 0.1) is 12.2 Å². The molecular weight excluding hydrogens is 376 g/mol. The lowest BCUT2D eigenvalue weighted by atomic mass is 10.1. The summed E-state index contributed by atoms with van der Waals surface area (Å²) >= 11 is 1.57. The molecule has 1 N–H and O–H groups in total. The van der Waals surface area contributed by atoms with E-state index in [1.807, 2.05) is 0 Å². The average molecular weight is 405 g/mol. The van der Waals surface area contributed by atoms with Crippen molar-refractivity contribution in [1.29, 1.82) is 5.26 Å². The van der Waals surface area contributed by atoms with E-state index in [0.717, 1.165) is 44.3 Å². The largest absolute Gasteiger partial charge is 0.450 e. The molecule has 152 valence electrons. The van der Waals surface area contributed by atoms with Gasteiger partial charge in [0, 0.05) is 44.0 Å². The molecule has 1 fully saturated rings. The number of aryl methyl sites for hydroxylation is 1. The second kappa shape index (κ2) is 9.89. The summed E-state index contributed by atoms with van der Waals surface area (Å²) in [5, 5.41) is 13.2. The van der Waals surface area contributed by atoms with Crippen molar-refractivity contribution in [3.8, 4) is 6.07 Å². The van der Waals surface area contributed by atoms with Gasteiger partial charge in [-0.2, -0.15) is 5.26 Å². The smallest absolute Gasteiger partial charge is 0.409 e. The Morgan fingerprint density at radius 3 is 2.64 bits per heavy atom. The van der Waals surface area contributed by atoms with Crippen LogP contribution in [-0.4, -0.2) is 61.1 Å². The van der Waals surface area contributed by atoms with E-state index in [4.69, 9.17) is 4.74 Å². The number of nitriles is 1. The van der Waals surface area contributed by atoms with Gasteiger partial charge in [0.25, 0.3) is 0 Å². The highest BCUT2D eigenvalue weighted by atomic mass is 32.1. The van der Waals surface area contributed by atoms with Crippen molar-refractivity contribution in [3.63, 3.8) is 0 Å². The van der Waals surface area contributed by atoms with E-state index in [9.17, 15) is 14.9 Å². The van der Waals surface area contributed by atoms with Crippen LogP contribution in [0.2, 0.25) is 0 Å². The van der Waals surface area contributed by atoms with Crippen LogP contribution in [0.4, 0.5) is 9.80 Å². The quantitative estimate of drug-likeness (QED) is 0.763. The first-order chi connectivity index (χ1) is 13.6. The van der Waals surface area contributed by atoms with Gasteiger partial charge in [-0.1, -0.05) is 6.42 Å². The van der Waals surface area contributed by atoms with Crippen LogP contribution in [0.25, 0.3) is 0 Å². The second-order valence-electron chi connectivity index (χ2n) is 7.21. The topological polar surface area (TPSA) is 85.7 Å². The normalized spacial score (nSPS) is 17.4. The van der Waals surface area contributed by atoms with E-state index in [0.29, 0.717) is 43.2 Å². The van der Waals surface area contributed by atoms with E-state index < -0.39 is 0 Å². The molecule has 0 bridgehead atoms. The molecule has 1 aliphatic heterocycles. The van der Waals surface area contributed by atoms with Gasteiger partial charge in [-0.05, 0) is 38.2 Å². The maximum Gasteiger partial charge on any atom is 0.409 e. The van der Waals surface area contributed by atoms with Crippen molar-refractivity contribution >= 4 is 28.3 Å². The molecule has 8 heteroatoms. The molecule has 3 rings (SSSR count). The number of hydrogen-bond donors (Lipinski definition) is 1. The minimum atomic E-state index is -0.263. The van der Waals surface area contributed by atoms with Gasteiger partial charge in [0.2, 0.25) is 5.91 Å². The Kier molecular flexibility index (Phi) is 7.29. The minimum absolute atomic E-state index is 0.0549. The molecule has 2 amide bonds. The Balaban J connectivity index is 1.48. The summed E-state index contributed by atoms with van der Waals surface area (Å²) in [5.41, 5.74) is 1.81. The Morgan fingerprint density at radius 1 is 1.18 bits per heavy atom. The van der Waals surface area contributed by atoms with Gasteiger partial charge >= 0.3 is 6.09 Å². The van der Waals surface area contributed by atoms with Crippen LogP contribution in [0.1, 0.15) is 48.6 Å². The number of rotatable bonds is 5. The zero-order chi connectivity index (χ0) is 19.9. The standard InChI is InChI=1S/C20H28N4O3S/c1-2-27-20(26)24-12-10-23(11-13-24)9-8-18(25)22-19-16(14-21)15-6-4-3-5-7-17(15)28-19/h2-13H2,1H3,(H,22,25). The van der Waals surface area contributed by atoms with Crippen LogP contribution in [-0.2, 0) is 22.4 Å². The van der Waals surface area contributed by atoms with Gasteiger partial charge in [-0.25, -0.2) is 4.79 Å². The summed E-state index contributed by atoms with van der Waals surface area (Å²) in [7, 11) is 0. The fraction of sp³-hybridized carbons (Fsp3) is 0.650. The molecule has 0 spiro atoms. The molecule has 2 aliphatic rings. The predicted molar refractivity (Wildman–Crippen MR) is 109 cm³/mol. The van der Waals surface area contributed by atoms with Gasteiger partial charge in [-0.3, -0.25) is 9.69 Å². The van der Waals surface area contributed by atoms with Crippen LogP contribution < -0.4 is 5.32 Å². The second-order valence-corrected chi connectivity index (χ2v) is 8.31. The number of nitrogens with one attached hydrogen (secondary N) is 1. The molecule has 7 nitrogen and oxygen atoms in total. The zero-order valence-corrected chi connectivity index (χ0v) is 17.3. The maximum absolute atomic E-state index is 12.4. The number of thiophene rings is 1. The number of hydrogen-bond acceptors (Lipinski definition) is 6. The molecule has 0 atom stereocenters. The molecular formula is C20H28N4O3S. The summed E-state index contributed by atoms with van der Waals surface area (Å²) < 4.78 is 5.02. The predicted octanol–water partition coefficient (Wildman–Crippen LogP) is 2.99. The number of piperazine rings is 1. The molecule has 1 aliphatic carbocycles. The third-order valence-electron chi connectivity index (χ3n) is 5.34. The highest BCUT2D eigenvalue weighted by Gasteiger charge is 2.23. The molecule has 2 heterocycles. The van der Waals surface area contributed by atoms with Crippen LogP contribution in [0, 0.1) is 11.3 Å². The summed E-state index contributed by atoms with van der Waals surface area (Å²) in [6, 6.07) is 2.30. The highest BCUT2D eigenvalue weighted by molar-refractivity contribution is 7.16. The third-order valence-corrected chi connectivity index (χ3v) is 6.55. The lowest BCUT2D eigenvalue weighted by molar-refractivity contribution is -0.116. The lowest BCUT2D eigenvalue weighted by Crippen LogP contribution is -2.49. The number of ether oxygens (including phenoxy) is 1. The first-order valence-corrected chi connectivity index (χ1v) is 10.9. The number of anilines is 1. The van der Waals surface area contributed by atoms with E-state index in [1.165, 1.54) is 11.3 Å². The lowest BCUT2D eigenvalue weighted by Gasteiger charge is -2.33. The van der Waals surface area contributed by atoms with Crippen LogP contribution in [0.5, 0.6) is 0 Å². The van der Waals surface area contributed by atoms with E-state index in [1.54, 1.807) is 23.2 Å². The molecule has 1 aromatic rings. The van der Waals surface area contributed by atoms with Crippen LogP contribution in [0.15, 0.2) is 0 Å². The fourth-order valence-corrected chi connectivity index (χ4v) is 5.02. The molecule has 0 radical (unpaired) electrons. The summed E-state index contributed by atoms with van der Waals surface area (Å²) in [6.45, 7) is 5.56. The van der Waals surface area contributed by atoms with Gasteiger partial charge in [0.1, 0.15) is 11.1 Å². The van der Waals surface area contributed by atoms with E-state index in [-0.39, 0.29) is 12.0 Å². The van der Waals surface area contributed by atoms with Crippen molar-refractivity contribution in [2.24, 2.45) is 0 Å². The highest BCUT2D eigenvalue weighted by Crippen LogP contribution is 2.37. The SMILES string of the molecule is CCOC(=O)N1CCN(CCC(=O)Nc2sc3c(c2C#N)CCCCC3)CC1. The molecule has 0 aromatic carbocycles. The number of carbonyl (C=O) groups excluding carboxylic acids is 2. The average Bonchev–Trinajstić information content (AvgIpc) is 2.86. The molecule has 0 unspecified atom stereocenters. The third kappa shape index (κ3) is 5.03. The molecule has 0 saturated carbocycles. The fourth-order valence-electron chi connectivity index (χ4n) is 3.77.